The summed E-state index contributed by atoms with van der Waals surface area (Å²) in [6, 6.07) is 24.8. The summed E-state index contributed by atoms with van der Waals surface area (Å²) < 4.78 is 11.4. The number of halogens is 1. The van der Waals surface area contributed by atoms with E-state index in [9.17, 15) is 4.79 Å². The van der Waals surface area contributed by atoms with Crippen LogP contribution in [0.5, 0.6) is 0 Å². The summed E-state index contributed by atoms with van der Waals surface area (Å²) >= 11 is 6.18. The van der Waals surface area contributed by atoms with Gasteiger partial charge in [-0.05, 0) is 42.3 Å². The van der Waals surface area contributed by atoms with Gasteiger partial charge in [0.25, 0.3) is 0 Å². The van der Waals surface area contributed by atoms with Crippen molar-refractivity contribution in [1.29, 1.82) is 0 Å². The maximum Gasteiger partial charge on any atom is 0.340 e. The number of fused-ring (bicyclic) bond motifs is 2. The van der Waals surface area contributed by atoms with Crippen LogP contribution in [0.15, 0.2) is 101 Å². The van der Waals surface area contributed by atoms with Crippen LogP contribution in [0.3, 0.4) is 0 Å². The van der Waals surface area contributed by atoms with E-state index in [2.05, 4.69) is 5.32 Å². The molecule has 2 heterocycles. The van der Waals surface area contributed by atoms with E-state index in [-0.39, 0.29) is 18.1 Å². The lowest BCUT2D eigenvalue weighted by Crippen LogP contribution is -2.32. The lowest BCUT2D eigenvalue weighted by Gasteiger charge is -2.31. The van der Waals surface area contributed by atoms with Crippen LogP contribution in [-0.2, 0) is 14.3 Å². The first-order chi connectivity index (χ1) is 16.6. The number of anilines is 1. The molecule has 3 N–H and O–H groups in total. The molecule has 0 aromatic heterocycles. The molecule has 2 aliphatic heterocycles. The molecule has 0 radical (unpaired) electrons. The Labute approximate surface area is 202 Å². The van der Waals surface area contributed by atoms with E-state index < -0.39 is 11.9 Å². The van der Waals surface area contributed by atoms with E-state index >= 15 is 0 Å². The summed E-state index contributed by atoms with van der Waals surface area (Å²) in [7, 11) is 0. The third kappa shape index (κ3) is 3.93. The van der Waals surface area contributed by atoms with Crippen molar-refractivity contribution >= 4 is 40.5 Å². The molecule has 0 amide bonds. The van der Waals surface area contributed by atoms with E-state index in [0.717, 1.165) is 22.5 Å². The first kappa shape index (κ1) is 21.8. The second-order valence-electron chi connectivity index (χ2n) is 7.80. The molecule has 6 nitrogen and oxygen atoms in total. The van der Waals surface area contributed by atoms with Crippen molar-refractivity contribution in [2.24, 2.45) is 10.7 Å². The molecular weight excluding hydrogens is 450 g/mol. The fraction of sp³-hybridized carbons (Fsp3) is 0.111. The molecule has 0 fully saturated rings. The molecule has 0 bridgehead atoms. The quantitative estimate of drug-likeness (QED) is 0.473. The molecule has 5 rings (SSSR count). The van der Waals surface area contributed by atoms with Gasteiger partial charge in [0.05, 0.1) is 35.2 Å². The molecular formula is C27H22ClN3O3. The zero-order valence-electron chi connectivity index (χ0n) is 18.4. The number of hydrogen-bond donors (Lipinski definition) is 2. The normalized spacial score (nSPS) is 17.0. The van der Waals surface area contributed by atoms with Gasteiger partial charge in [0, 0.05) is 5.02 Å². The van der Waals surface area contributed by atoms with Crippen LogP contribution in [-0.4, -0.2) is 18.5 Å². The average molecular weight is 472 g/mol. The number of carbonyl (C=O) groups excluding carboxylic acids is 1. The Morgan fingerprint density at radius 2 is 1.76 bits per heavy atom. The maximum absolute atomic E-state index is 13.1. The number of carbonyl (C=O) groups is 1. The Balaban J connectivity index is 1.83. The fourth-order valence-electron chi connectivity index (χ4n) is 4.20. The molecule has 0 aliphatic carbocycles. The molecule has 3 aromatic carbocycles. The van der Waals surface area contributed by atoms with Crippen molar-refractivity contribution in [3.8, 4) is 0 Å². The number of nitrogens with one attached hydrogen (secondary N) is 1. The van der Waals surface area contributed by atoms with Gasteiger partial charge < -0.3 is 20.5 Å². The Bertz CT molecular complexity index is 1350. The van der Waals surface area contributed by atoms with Crippen LogP contribution < -0.4 is 11.1 Å². The first-order valence-electron chi connectivity index (χ1n) is 10.9. The number of aliphatic imine (C=N–C) groups is 1. The molecule has 0 spiro atoms. The molecule has 7 heteroatoms. The summed E-state index contributed by atoms with van der Waals surface area (Å²) in [6.07, 6.45) is 0. The minimum absolute atomic E-state index is 0.0345. The van der Waals surface area contributed by atoms with Crippen molar-refractivity contribution in [3.05, 3.63) is 112 Å². The lowest BCUT2D eigenvalue weighted by molar-refractivity contribution is -0.139. The average Bonchev–Trinajstić information content (AvgIpc) is 3.01. The highest BCUT2D eigenvalue weighted by molar-refractivity contribution is 6.30. The van der Waals surface area contributed by atoms with Crippen molar-refractivity contribution < 1.29 is 14.3 Å². The van der Waals surface area contributed by atoms with Gasteiger partial charge in [0.2, 0.25) is 11.8 Å². The Morgan fingerprint density at radius 3 is 2.50 bits per heavy atom. The first-order valence-corrected chi connectivity index (χ1v) is 11.3. The molecule has 0 unspecified atom stereocenters. The second kappa shape index (κ2) is 9.08. The van der Waals surface area contributed by atoms with Crippen molar-refractivity contribution in [2.75, 3.05) is 11.9 Å². The second-order valence-corrected chi connectivity index (χ2v) is 8.24. The Hall–Kier alpha value is -4.03. The van der Waals surface area contributed by atoms with Gasteiger partial charge in [0.1, 0.15) is 5.57 Å². The number of nitrogens with two attached hydrogens (primary N) is 1. The SMILES string of the molecule is CCOC(=O)C1=C(N)OC2=Nc3ccccc3NC(c3ccccc3)=C2[C@@H]1c1ccc(Cl)cc1. The summed E-state index contributed by atoms with van der Waals surface area (Å²) in [5.74, 6) is -0.851. The van der Waals surface area contributed by atoms with Gasteiger partial charge in [-0.1, -0.05) is 66.2 Å². The lowest BCUT2D eigenvalue weighted by atomic mass is 9.81. The minimum atomic E-state index is -0.596. The monoisotopic (exact) mass is 471 g/mol. The van der Waals surface area contributed by atoms with Crippen LogP contribution >= 0.6 is 11.6 Å². The number of rotatable bonds is 4. The molecule has 0 saturated carbocycles. The molecule has 170 valence electrons. The van der Waals surface area contributed by atoms with E-state index in [1.165, 1.54) is 0 Å². The van der Waals surface area contributed by atoms with Crippen LogP contribution in [0.25, 0.3) is 5.70 Å². The largest absolute Gasteiger partial charge is 0.462 e. The zero-order chi connectivity index (χ0) is 23.7. The van der Waals surface area contributed by atoms with Crippen LogP contribution in [0, 0.1) is 0 Å². The van der Waals surface area contributed by atoms with E-state index in [0.29, 0.717) is 22.2 Å². The fourth-order valence-corrected chi connectivity index (χ4v) is 4.32. The predicted molar refractivity (Wildman–Crippen MR) is 134 cm³/mol. The third-order valence-electron chi connectivity index (χ3n) is 5.70. The molecule has 3 aromatic rings. The van der Waals surface area contributed by atoms with Gasteiger partial charge in [-0.3, -0.25) is 0 Å². The summed E-state index contributed by atoms with van der Waals surface area (Å²) in [6.45, 7) is 1.96. The van der Waals surface area contributed by atoms with Crippen LogP contribution in [0.4, 0.5) is 11.4 Å². The van der Waals surface area contributed by atoms with E-state index in [1.807, 2.05) is 66.7 Å². The maximum atomic E-state index is 13.1. The van der Waals surface area contributed by atoms with Gasteiger partial charge in [0.15, 0.2) is 0 Å². The summed E-state index contributed by atoms with van der Waals surface area (Å²) in [4.78, 5) is 17.9. The highest BCUT2D eigenvalue weighted by Crippen LogP contribution is 2.45. The van der Waals surface area contributed by atoms with Crippen LogP contribution in [0.2, 0.25) is 5.02 Å². The summed E-state index contributed by atoms with van der Waals surface area (Å²) in [5.41, 5.74) is 11.2. The van der Waals surface area contributed by atoms with Gasteiger partial charge in [-0.25, -0.2) is 9.79 Å². The molecule has 1 atom stereocenters. The highest BCUT2D eigenvalue weighted by atomic mass is 35.5. The van der Waals surface area contributed by atoms with Gasteiger partial charge >= 0.3 is 5.97 Å². The standard InChI is InChI=1S/C27H22ClN3O3/c1-2-33-27(32)23-21(16-12-14-18(28)15-13-16)22-24(17-8-4-3-5-9-17)30-19-10-6-7-11-20(19)31-26(22)34-25(23)29/h3-15,21,30H,2,29H2,1H3/t21-/m0/s1. The number of ether oxygens (including phenoxy) is 2. The number of benzene rings is 3. The Morgan fingerprint density at radius 1 is 1.06 bits per heavy atom. The van der Waals surface area contributed by atoms with Crippen molar-refractivity contribution in [2.45, 2.75) is 12.8 Å². The van der Waals surface area contributed by atoms with Crippen molar-refractivity contribution in [1.82, 2.24) is 0 Å². The smallest absolute Gasteiger partial charge is 0.340 e. The molecule has 34 heavy (non-hydrogen) atoms. The summed E-state index contributed by atoms with van der Waals surface area (Å²) in [5, 5.41) is 4.12. The topological polar surface area (TPSA) is 85.9 Å². The number of para-hydroxylation sites is 2. The predicted octanol–water partition coefficient (Wildman–Crippen LogP) is 5.75. The molecule has 0 saturated heterocycles. The minimum Gasteiger partial charge on any atom is -0.462 e. The third-order valence-corrected chi connectivity index (χ3v) is 5.95. The van der Waals surface area contributed by atoms with Gasteiger partial charge in [-0.15, -0.1) is 0 Å². The van der Waals surface area contributed by atoms with E-state index in [4.69, 9.17) is 31.8 Å². The molecule has 2 aliphatic rings. The highest BCUT2D eigenvalue weighted by Gasteiger charge is 2.41. The number of esters is 1. The van der Waals surface area contributed by atoms with Gasteiger partial charge in [-0.2, -0.15) is 0 Å². The number of nitrogens with zero attached hydrogens (tertiary/aromatic N) is 1. The number of hydrogen-bond acceptors (Lipinski definition) is 6. The van der Waals surface area contributed by atoms with Crippen LogP contribution in [0.1, 0.15) is 24.0 Å². The Kier molecular flexibility index (Phi) is 5.82. The zero-order valence-corrected chi connectivity index (χ0v) is 19.2. The van der Waals surface area contributed by atoms with E-state index in [1.54, 1.807) is 19.1 Å². The van der Waals surface area contributed by atoms with Crippen molar-refractivity contribution in [3.63, 3.8) is 0 Å².